The zero-order valence-electron chi connectivity index (χ0n) is 12.3. The van der Waals surface area contributed by atoms with Gasteiger partial charge in [0.25, 0.3) is 0 Å². The Labute approximate surface area is 117 Å². The molecule has 0 unspecified atom stereocenters. The number of carbonyl (C=O) groups is 1. The van der Waals surface area contributed by atoms with Gasteiger partial charge in [-0.2, -0.15) is 0 Å². The quantitative estimate of drug-likeness (QED) is 0.714. The number of carbonyl (C=O) groups excluding carboxylic acids is 1. The highest BCUT2D eigenvalue weighted by atomic mass is 16.2. The van der Waals surface area contributed by atoms with Crippen LogP contribution in [-0.4, -0.2) is 43.5 Å². The van der Waals surface area contributed by atoms with Crippen LogP contribution in [0.15, 0.2) is 0 Å². The van der Waals surface area contributed by atoms with E-state index in [4.69, 9.17) is 5.73 Å². The fourth-order valence-electron chi connectivity index (χ4n) is 3.11. The van der Waals surface area contributed by atoms with E-state index in [9.17, 15) is 4.79 Å². The van der Waals surface area contributed by atoms with E-state index in [0.717, 1.165) is 44.7 Å². The van der Waals surface area contributed by atoms with Crippen LogP contribution < -0.4 is 11.1 Å². The van der Waals surface area contributed by atoms with Crippen LogP contribution in [0.25, 0.3) is 0 Å². The minimum absolute atomic E-state index is 0.188. The van der Waals surface area contributed by atoms with Gasteiger partial charge in [0.1, 0.15) is 0 Å². The topological polar surface area (TPSA) is 58.4 Å². The molecule has 1 heterocycles. The van der Waals surface area contributed by atoms with E-state index in [2.05, 4.69) is 17.1 Å². The van der Waals surface area contributed by atoms with Crippen molar-refractivity contribution in [2.45, 2.75) is 45.4 Å². The SMILES string of the molecule is CC1CCN(CCCNC(=O)C2(CN)CCC2)CC1. The maximum absolute atomic E-state index is 12.1. The third-order valence-electron chi connectivity index (χ3n) is 5.00. The van der Waals surface area contributed by atoms with Crippen LogP contribution in [0.3, 0.4) is 0 Å². The molecular weight excluding hydrogens is 238 g/mol. The zero-order valence-corrected chi connectivity index (χ0v) is 12.3. The molecule has 1 aliphatic carbocycles. The van der Waals surface area contributed by atoms with Crippen LogP contribution in [0.1, 0.15) is 45.4 Å². The predicted molar refractivity (Wildman–Crippen MR) is 77.8 cm³/mol. The number of rotatable bonds is 6. The smallest absolute Gasteiger partial charge is 0.227 e. The Morgan fingerprint density at radius 2 is 2.05 bits per heavy atom. The third kappa shape index (κ3) is 3.69. The van der Waals surface area contributed by atoms with Gasteiger partial charge in [-0.1, -0.05) is 13.3 Å². The summed E-state index contributed by atoms with van der Waals surface area (Å²) >= 11 is 0. The largest absolute Gasteiger partial charge is 0.356 e. The lowest BCUT2D eigenvalue weighted by Crippen LogP contribution is -2.50. The summed E-state index contributed by atoms with van der Waals surface area (Å²) in [4.78, 5) is 14.6. The Balaban J connectivity index is 1.58. The number of hydrogen-bond donors (Lipinski definition) is 2. The van der Waals surface area contributed by atoms with Crippen LogP contribution >= 0.6 is 0 Å². The molecular formula is C15H29N3O. The molecule has 4 heteroatoms. The van der Waals surface area contributed by atoms with Crippen LogP contribution in [-0.2, 0) is 4.79 Å². The molecule has 1 amide bonds. The van der Waals surface area contributed by atoms with Crippen molar-refractivity contribution in [1.29, 1.82) is 0 Å². The van der Waals surface area contributed by atoms with E-state index in [1.807, 2.05) is 0 Å². The Hall–Kier alpha value is -0.610. The van der Waals surface area contributed by atoms with E-state index in [-0.39, 0.29) is 11.3 Å². The normalized spacial score (nSPS) is 23.9. The molecule has 4 nitrogen and oxygen atoms in total. The number of piperidine rings is 1. The number of amides is 1. The maximum Gasteiger partial charge on any atom is 0.227 e. The summed E-state index contributed by atoms with van der Waals surface area (Å²) in [5.41, 5.74) is 5.51. The average Bonchev–Trinajstić information content (AvgIpc) is 2.36. The Morgan fingerprint density at radius 1 is 1.37 bits per heavy atom. The first-order chi connectivity index (χ1) is 9.16. The van der Waals surface area contributed by atoms with Crippen molar-refractivity contribution in [2.75, 3.05) is 32.7 Å². The zero-order chi connectivity index (χ0) is 13.7. The van der Waals surface area contributed by atoms with Crippen molar-refractivity contribution in [1.82, 2.24) is 10.2 Å². The van der Waals surface area contributed by atoms with Gasteiger partial charge in [0.15, 0.2) is 0 Å². The minimum Gasteiger partial charge on any atom is -0.356 e. The number of likely N-dealkylation sites (tertiary alicyclic amines) is 1. The second-order valence-electron chi connectivity index (χ2n) is 6.47. The Morgan fingerprint density at radius 3 is 2.58 bits per heavy atom. The molecule has 1 saturated heterocycles. The lowest BCUT2D eigenvalue weighted by molar-refractivity contribution is -0.135. The van der Waals surface area contributed by atoms with Crippen molar-refractivity contribution in [3.05, 3.63) is 0 Å². The van der Waals surface area contributed by atoms with E-state index >= 15 is 0 Å². The van der Waals surface area contributed by atoms with Crippen molar-refractivity contribution in [2.24, 2.45) is 17.1 Å². The van der Waals surface area contributed by atoms with Crippen LogP contribution in [0.5, 0.6) is 0 Å². The molecule has 0 aromatic heterocycles. The lowest BCUT2D eigenvalue weighted by Gasteiger charge is -2.39. The molecule has 1 aliphatic heterocycles. The second kappa shape index (κ2) is 6.71. The number of nitrogens with two attached hydrogens (primary N) is 1. The van der Waals surface area contributed by atoms with E-state index in [0.29, 0.717) is 6.54 Å². The van der Waals surface area contributed by atoms with Crippen LogP contribution in [0, 0.1) is 11.3 Å². The second-order valence-corrected chi connectivity index (χ2v) is 6.47. The third-order valence-corrected chi connectivity index (χ3v) is 5.00. The first kappa shape index (κ1) is 14.8. The van der Waals surface area contributed by atoms with Gasteiger partial charge in [-0.15, -0.1) is 0 Å². The molecule has 3 N–H and O–H groups in total. The van der Waals surface area contributed by atoms with Gasteiger partial charge >= 0.3 is 0 Å². The molecule has 2 fully saturated rings. The first-order valence-electron chi connectivity index (χ1n) is 7.87. The summed E-state index contributed by atoms with van der Waals surface area (Å²) < 4.78 is 0. The summed E-state index contributed by atoms with van der Waals surface area (Å²) in [6.07, 6.45) is 6.79. The molecule has 2 aliphatic rings. The predicted octanol–water partition coefficient (Wildman–Crippen LogP) is 1.35. The minimum atomic E-state index is -0.222. The number of nitrogens with zero attached hydrogens (tertiary/aromatic N) is 1. The van der Waals surface area contributed by atoms with E-state index in [1.54, 1.807) is 0 Å². The fraction of sp³-hybridized carbons (Fsp3) is 0.933. The lowest BCUT2D eigenvalue weighted by atomic mass is 9.68. The highest BCUT2D eigenvalue weighted by Crippen LogP contribution is 2.39. The summed E-state index contributed by atoms with van der Waals surface area (Å²) in [7, 11) is 0. The van der Waals surface area contributed by atoms with Gasteiger partial charge in [-0.05, 0) is 57.7 Å². The van der Waals surface area contributed by atoms with Gasteiger partial charge in [-0.3, -0.25) is 4.79 Å². The molecule has 0 atom stereocenters. The highest BCUT2D eigenvalue weighted by molar-refractivity contribution is 5.83. The van der Waals surface area contributed by atoms with Gasteiger partial charge in [-0.25, -0.2) is 0 Å². The van der Waals surface area contributed by atoms with Crippen LogP contribution in [0.4, 0.5) is 0 Å². The summed E-state index contributed by atoms with van der Waals surface area (Å²) in [6.45, 7) is 7.20. The molecule has 0 bridgehead atoms. The van der Waals surface area contributed by atoms with Gasteiger partial charge in [0.2, 0.25) is 5.91 Å². The Kier molecular flexibility index (Phi) is 5.22. The van der Waals surface area contributed by atoms with Crippen LogP contribution in [0.2, 0.25) is 0 Å². The summed E-state index contributed by atoms with van der Waals surface area (Å²) in [5.74, 6) is 1.08. The summed E-state index contributed by atoms with van der Waals surface area (Å²) in [5, 5.41) is 3.08. The average molecular weight is 267 g/mol. The number of nitrogens with one attached hydrogen (secondary N) is 1. The van der Waals surface area contributed by atoms with Gasteiger partial charge < -0.3 is 16.0 Å². The molecule has 0 radical (unpaired) electrons. The molecule has 1 saturated carbocycles. The fourth-order valence-corrected chi connectivity index (χ4v) is 3.11. The molecule has 19 heavy (non-hydrogen) atoms. The van der Waals surface area contributed by atoms with Gasteiger partial charge in [0.05, 0.1) is 5.41 Å². The van der Waals surface area contributed by atoms with Crippen molar-refractivity contribution in [3.63, 3.8) is 0 Å². The molecule has 2 rings (SSSR count). The summed E-state index contributed by atoms with van der Waals surface area (Å²) in [6, 6.07) is 0. The monoisotopic (exact) mass is 267 g/mol. The van der Waals surface area contributed by atoms with E-state index in [1.165, 1.54) is 25.9 Å². The van der Waals surface area contributed by atoms with Crippen molar-refractivity contribution in [3.8, 4) is 0 Å². The molecule has 0 aromatic carbocycles. The van der Waals surface area contributed by atoms with Gasteiger partial charge in [0, 0.05) is 13.1 Å². The van der Waals surface area contributed by atoms with Crippen molar-refractivity contribution >= 4 is 5.91 Å². The number of hydrogen-bond acceptors (Lipinski definition) is 3. The Bertz CT molecular complexity index is 288. The molecule has 110 valence electrons. The van der Waals surface area contributed by atoms with E-state index < -0.39 is 0 Å². The standard InChI is InChI=1S/C15H29N3O/c1-13-4-10-18(11-5-13)9-3-8-17-14(19)15(12-16)6-2-7-15/h13H,2-12,16H2,1H3,(H,17,19). The van der Waals surface area contributed by atoms with Crippen molar-refractivity contribution < 1.29 is 4.79 Å². The molecule has 0 spiro atoms. The maximum atomic E-state index is 12.1. The molecule has 0 aromatic rings. The first-order valence-corrected chi connectivity index (χ1v) is 7.87. The highest BCUT2D eigenvalue weighted by Gasteiger charge is 2.42.